The van der Waals surface area contributed by atoms with Gasteiger partial charge in [0.1, 0.15) is 6.04 Å². The summed E-state index contributed by atoms with van der Waals surface area (Å²) < 4.78 is 0. The Hall–Kier alpha value is -2.27. The van der Waals surface area contributed by atoms with Gasteiger partial charge in [-0.1, -0.05) is 48.0 Å². The number of aryl methyl sites for hydroxylation is 1. The van der Waals surface area contributed by atoms with Crippen molar-refractivity contribution in [2.24, 2.45) is 0 Å². The highest BCUT2D eigenvalue weighted by molar-refractivity contribution is 7.99. The first-order chi connectivity index (χ1) is 11.6. The Morgan fingerprint density at radius 2 is 1.83 bits per heavy atom. The number of hydrogen-bond donors (Lipinski definition) is 1. The molecule has 24 heavy (non-hydrogen) atoms. The number of carbonyl (C=O) groups is 2. The molecule has 5 heteroatoms. The van der Waals surface area contributed by atoms with Crippen molar-refractivity contribution >= 4 is 23.6 Å². The molecule has 0 aliphatic carbocycles. The van der Waals surface area contributed by atoms with Crippen LogP contribution in [0.2, 0.25) is 0 Å². The second-order valence-electron chi connectivity index (χ2n) is 5.86. The highest BCUT2D eigenvalue weighted by Crippen LogP contribution is 2.23. The quantitative estimate of drug-likeness (QED) is 0.931. The molecule has 1 atom stereocenters. The number of rotatable bonds is 4. The molecular formula is C19H20N2O2S. The average Bonchev–Trinajstić information content (AvgIpc) is 3.11. The van der Waals surface area contributed by atoms with Gasteiger partial charge in [0.15, 0.2) is 0 Å². The van der Waals surface area contributed by atoms with Gasteiger partial charge < -0.3 is 10.2 Å². The van der Waals surface area contributed by atoms with Gasteiger partial charge in [-0.15, -0.1) is 11.8 Å². The van der Waals surface area contributed by atoms with Crippen molar-refractivity contribution in [1.82, 2.24) is 10.2 Å². The molecule has 2 aromatic rings. The van der Waals surface area contributed by atoms with Gasteiger partial charge >= 0.3 is 0 Å². The van der Waals surface area contributed by atoms with Gasteiger partial charge in [-0.3, -0.25) is 9.59 Å². The van der Waals surface area contributed by atoms with Crippen molar-refractivity contribution in [3.8, 4) is 0 Å². The monoisotopic (exact) mass is 340 g/mol. The summed E-state index contributed by atoms with van der Waals surface area (Å²) in [5, 5.41) is 2.95. The van der Waals surface area contributed by atoms with Gasteiger partial charge in [0, 0.05) is 17.9 Å². The second kappa shape index (κ2) is 7.53. The van der Waals surface area contributed by atoms with Gasteiger partial charge in [-0.05, 0) is 24.6 Å². The normalized spacial score (nSPS) is 16.9. The van der Waals surface area contributed by atoms with E-state index in [-0.39, 0.29) is 11.8 Å². The van der Waals surface area contributed by atoms with Gasteiger partial charge in [0.25, 0.3) is 5.91 Å². The molecule has 1 aliphatic heterocycles. The van der Waals surface area contributed by atoms with Gasteiger partial charge in [0.2, 0.25) is 5.91 Å². The van der Waals surface area contributed by atoms with E-state index < -0.39 is 6.04 Å². The minimum Gasteiger partial charge on any atom is -0.350 e. The molecule has 0 radical (unpaired) electrons. The van der Waals surface area contributed by atoms with Gasteiger partial charge in [-0.2, -0.15) is 0 Å². The zero-order valence-electron chi connectivity index (χ0n) is 13.6. The molecule has 1 aliphatic rings. The van der Waals surface area contributed by atoms with E-state index in [0.29, 0.717) is 23.7 Å². The molecule has 1 fully saturated rings. The topological polar surface area (TPSA) is 49.4 Å². The van der Waals surface area contributed by atoms with E-state index in [1.165, 1.54) is 5.56 Å². The first kappa shape index (κ1) is 16.6. The Labute approximate surface area is 146 Å². The van der Waals surface area contributed by atoms with Crippen molar-refractivity contribution < 1.29 is 9.59 Å². The van der Waals surface area contributed by atoms with Crippen LogP contribution in [-0.2, 0) is 11.3 Å². The Balaban J connectivity index is 1.63. The Morgan fingerprint density at radius 1 is 1.12 bits per heavy atom. The average molecular weight is 340 g/mol. The number of amides is 2. The van der Waals surface area contributed by atoms with Crippen LogP contribution in [0.3, 0.4) is 0 Å². The summed E-state index contributed by atoms with van der Waals surface area (Å²) in [5.74, 6) is 1.01. The number of nitrogens with one attached hydrogen (secondary N) is 1. The Morgan fingerprint density at radius 3 is 2.54 bits per heavy atom. The predicted octanol–water partition coefficient (Wildman–Crippen LogP) is 2.83. The standard InChI is InChI=1S/C19H20N2O2S/c1-14-7-9-15(10-8-14)11-20-18(22)17-12-24-13-21(17)19(23)16-5-3-2-4-6-16/h2-10,17H,11-13H2,1H3,(H,20,22). The number of benzene rings is 2. The molecule has 1 N–H and O–H groups in total. The fraction of sp³-hybridized carbons (Fsp3) is 0.263. The van der Waals surface area contributed by atoms with E-state index in [2.05, 4.69) is 5.32 Å². The largest absolute Gasteiger partial charge is 0.350 e. The Bertz CT molecular complexity index is 716. The van der Waals surface area contributed by atoms with Crippen molar-refractivity contribution in [2.45, 2.75) is 19.5 Å². The van der Waals surface area contributed by atoms with Crippen LogP contribution < -0.4 is 5.32 Å². The van der Waals surface area contributed by atoms with E-state index in [1.54, 1.807) is 28.8 Å². The third-order valence-corrected chi connectivity index (χ3v) is 5.07. The van der Waals surface area contributed by atoms with Crippen LogP contribution in [0.5, 0.6) is 0 Å². The number of nitrogens with zero attached hydrogens (tertiary/aromatic N) is 1. The van der Waals surface area contributed by atoms with E-state index in [9.17, 15) is 9.59 Å². The first-order valence-corrected chi connectivity index (χ1v) is 9.07. The maximum absolute atomic E-state index is 12.6. The number of carbonyl (C=O) groups excluding carboxylic acids is 2. The maximum atomic E-state index is 12.6. The zero-order valence-corrected chi connectivity index (χ0v) is 14.4. The maximum Gasteiger partial charge on any atom is 0.255 e. The minimum atomic E-state index is -0.409. The summed E-state index contributed by atoms with van der Waals surface area (Å²) in [7, 11) is 0. The van der Waals surface area contributed by atoms with E-state index in [4.69, 9.17) is 0 Å². The summed E-state index contributed by atoms with van der Waals surface area (Å²) in [6.07, 6.45) is 0. The van der Waals surface area contributed by atoms with Crippen LogP contribution in [0, 0.1) is 6.92 Å². The molecule has 4 nitrogen and oxygen atoms in total. The van der Waals surface area contributed by atoms with Gasteiger partial charge in [-0.25, -0.2) is 0 Å². The first-order valence-electron chi connectivity index (χ1n) is 7.92. The van der Waals surface area contributed by atoms with Crippen LogP contribution in [0.15, 0.2) is 54.6 Å². The van der Waals surface area contributed by atoms with Crippen LogP contribution in [-0.4, -0.2) is 34.4 Å². The molecule has 124 valence electrons. The fourth-order valence-corrected chi connectivity index (χ4v) is 3.77. The second-order valence-corrected chi connectivity index (χ2v) is 6.86. The summed E-state index contributed by atoms with van der Waals surface area (Å²) in [5.41, 5.74) is 2.87. The van der Waals surface area contributed by atoms with Crippen LogP contribution in [0.1, 0.15) is 21.5 Å². The predicted molar refractivity (Wildman–Crippen MR) is 96.8 cm³/mol. The lowest BCUT2D eigenvalue weighted by atomic mass is 10.1. The van der Waals surface area contributed by atoms with Crippen molar-refractivity contribution in [3.05, 3.63) is 71.3 Å². The molecule has 2 amide bonds. The SMILES string of the molecule is Cc1ccc(CNC(=O)C2CSCN2C(=O)c2ccccc2)cc1. The minimum absolute atomic E-state index is 0.0870. The van der Waals surface area contributed by atoms with Crippen LogP contribution >= 0.6 is 11.8 Å². The molecule has 0 bridgehead atoms. The smallest absolute Gasteiger partial charge is 0.255 e. The lowest BCUT2D eigenvalue weighted by molar-refractivity contribution is -0.124. The molecule has 2 aromatic carbocycles. The molecule has 0 spiro atoms. The van der Waals surface area contributed by atoms with E-state index in [1.807, 2.05) is 49.4 Å². The van der Waals surface area contributed by atoms with Crippen molar-refractivity contribution in [3.63, 3.8) is 0 Å². The number of hydrogen-bond acceptors (Lipinski definition) is 3. The lowest BCUT2D eigenvalue weighted by Gasteiger charge is -2.23. The highest BCUT2D eigenvalue weighted by Gasteiger charge is 2.34. The van der Waals surface area contributed by atoms with E-state index >= 15 is 0 Å². The fourth-order valence-electron chi connectivity index (χ4n) is 2.62. The van der Waals surface area contributed by atoms with Crippen LogP contribution in [0.4, 0.5) is 0 Å². The summed E-state index contributed by atoms with van der Waals surface area (Å²) in [6, 6.07) is 16.8. The van der Waals surface area contributed by atoms with Crippen molar-refractivity contribution in [2.75, 3.05) is 11.6 Å². The summed E-state index contributed by atoms with van der Waals surface area (Å²) >= 11 is 1.61. The van der Waals surface area contributed by atoms with Gasteiger partial charge in [0.05, 0.1) is 5.88 Å². The van der Waals surface area contributed by atoms with Crippen LogP contribution in [0.25, 0.3) is 0 Å². The molecule has 1 saturated heterocycles. The third kappa shape index (κ3) is 3.79. The zero-order chi connectivity index (χ0) is 16.9. The molecule has 1 unspecified atom stereocenters. The van der Waals surface area contributed by atoms with E-state index in [0.717, 1.165) is 5.56 Å². The molecule has 0 aromatic heterocycles. The Kier molecular flexibility index (Phi) is 5.20. The van der Waals surface area contributed by atoms with Crippen molar-refractivity contribution in [1.29, 1.82) is 0 Å². The molecule has 3 rings (SSSR count). The molecule has 0 saturated carbocycles. The lowest BCUT2D eigenvalue weighted by Crippen LogP contribution is -2.47. The molecule has 1 heterocycles. The number of thioether (sulfide) groups is 1. The highest BCUT2D eigenvalue weighted by atomic mass is 32.2. The summed E-state index contributed by atoms with van der Waals surface area (Å²) in [6.45, 7) is 2.51. The third-order valence-electron chi connectivity index (χ3n) is 4.05. The molecular weight excluding hydrogens is 320 g/mol. The summed E-state index contributed by atoms with van der Waals surface area (Å²) in [4.78, 5) is 26.8.